The average molecular weight is 334 g/mol. The van der Waals surface area contributed by atoms with Crippen LogP contribution in [0.2, 0.25) is 0 Å². The van der Waals surface area contributed by atoms with Crippen LogP contribution in [-0.4, -0.2) is 30.0 Å². The SMILES string of the molecule is Cc1ccc(C(=O)NC(C)C2CCCNC2)c(C)n1.Cl.Cl. The highest BCUT2D eigenvalue weighted by molar-refractivity contribution is 5.95. The maximum Gasteiger partial charge on any atom is 0.253 e. The molecule has 4 nitrogen and oxygen atoms in total. The van der Waals surface area contributed by atoms with E-state index in [1.807, 2.05) is 26.0 Å². The number of piperidine rings is 1. The van der Waals surface area contributed by atoms with Crippen LogP contribution in [0.5, 0.6) is 0 Å². The fraction of sp³-hybridized carbons (Fsp3) is 0.600. The zero-order chi connectivity index (χ0) is 13.8. The van der Waals surface area contributed by atoms with Crippen LogP contribution in [0.1, 0.15) is 41.5 Å². The van der Waals surface area contributed by atoms with E-state index < -0.39 is 0 Å². The number of nitrogens with zero attached hydrogens (tertiary/aromatic N) is 1. The standard InChI is InChI=1S/C15H23N3O.2ClH/c1-10-6-7-14(12(3)17-10)15(19)18-11(2)13-5-4-8-16-9-13;;/h6-7,11,13,16H,4-5,8-9H2,1-3H3,(H,18,19);2*1H. The van der Waals surface area contributed by atoms with Crippen molar-refractivity contribution in [1.29, 1.82) is 0 Å². The summed E-state index contributed by atoms with van der Waals surface area (Å²) in [6.45, 7) is 8.00. The molecule has 21 heavy (non-hydrogen) atoms. The molecule has 1 saturated heterocycles. The summed E-state index contributed by atoms with van der Waals surface area (Å²) in [5.74, 6) is 0.513. The molecule has 0 radical (unpaired) electrons. The fourth-order valence-electron chi connectivity index (χ4n) is 2.63. The molecule has 0 bridgehead atoms. The van der Waals surface area contributed by atoms with Crippen molar-refractivity contribution < 1.29 is 4.79 Å². The van der Waals surface area contributed by atoms with E-state index in [1.54, 1.807) is 0 Å². The van der Waals surface area contributed by atoms with E-state index in [0.717, 1.165) is 24.5 Å². The molecule has 2 atom stereocenters. The minimum atomic E-state index is -0.0110. The van der Waals surface area contributed by atoms with Gasteiger partial charge in [-0.05, 0) is 64.8 Å². The van der Waals surface area contributed by atoms with Crippen LogP contribution in [0, 0.1) is 19.8 Å². The van der Waals surface area contributed by atoms with Gasteiger partial charge in [-0.1, -0.05) is 0 Å². The van der Waals surface area contributed by atoms with Crippen molar-refractivity contribution in [3.8, 4) is 0 Å². The predicted molar refractivity (Wildman–Crippen MR) is 90.7 cm³/mol. The first-order valence-corrected chi connectivity index (χ1v) is 7.03. The van der Waals surface area contributed by atoms with Gasteiger partial charge in [0.2, 0.25) is 0 Å². The summed E-state index contributed by atoms with van der Waals surface area (Å²) in [4.78, 5) is 16.6. The third kappa shape index (κ3) is 5.46. The maximum absolute atomic E-state index is 12.3. The third-order valence-electron chi connectivity index (χ3n) is 3.87. The minimum absolute atomic E-state index is 0. The molecular formula is C15H25Cl2N3O. The lowest BCUT2D eigenvalue weighted by molar-refractivity contribution is 0.0921. The Morgan fingerprint density at radius 1 is 1.38 bits per heavy atom. The Morgan fingerprint density at radius 3 is 2.67 bits per heavy atom. The van der Waals surface area contributed by atoms with Crippen molar-refractivity contribution in [2.24, 2.45) is 5.92 Å². The highest BCUT2D eigenvalue weighted by atomic mass is 35.5. The van der Waals surface area contributed by atoms with Crippen LogP contribution in [0.4, 0.5) is 0 Å². The van der Waals surface area contributed by atoms with Crippen molar-refractivity contribution in [1.82, 2.24) is 15.6 Å². The third-order valence-corrected chi connectivity index (χ3v) is 3.87. The molecule has 120 valence electrons. The van der Waals surface area contributed by atoms with Crippen LogP contribution < -0.4 is 10.6 Å². The first-order chi connectivity index (χ1) is 9.08. The fourth-order valence-corrected chi connectivity index (χ4v) is 2.63. The molecule has 1 amide bonds. The van der Waals surface area contributed by atoms with Crippen molar-refractivity contribution >= 4 is 30.7 Å². The average Bonchev–Trinajstić information content (AvgIpc) is 2.39. The highest BCUT2D eigenvalue weighted by Gasteiger charge is 2.22. The van der Waals surface area contributed by atoms with E-state index in [9.17, 15) is 4.79 Å². The molecule has 2 heterocycles. The van der Waals surface area contributed by atoms with Crippen LogP contribution in [-0.2, 0) is 0 Å². The number of carbonyl (C=O) groups excluding carboxylic acids is 1. The van der Waals surface area contributed by atoms with E-state index in [2.05, 4.69) is 22.5 Å². The molecular weight excluding hydrogens is 309 g/mol. The molecule has 1 fully saturated rings. The van der Waals surface area contributed by atoms with E-state index in [0.29, 0.717) is 11.5 Å². The van der Waals surface area contributed by atoms with Crippen molar-refractivity contribution in [2.45, 2.75) is 39.7 Å². The van der Waals surface area contributed by atoms with Gasteiger partial charge in [-0.3, -0.25) is 9.78 Å². The summed E-state index contributed by atoms with van der Waals surface area (Å²) in [6.07, 6.45) is 2.37. The lowest BCUT2D eigenvalue weighted by Gasteiger charge is -2.29. The summed E-state index contributed by atoms with van der Waals surface area (Å²) in [5, 5.41) is 6.49. The van der Waals surface area contributed by atoms with Crippen LogP contribution >= 0.6 is 24.8 Å². The van der Waals surface area contributed by atoms with Gasteiger partial charge in [0, 0.05) is 11.7 Å². The van der Waals surface area contributed by atoms with Crippen molar-refractivity contribution in [2.75, 3.05) is 13.1 Å². The first kappa shape index (κ1) is 20.2. The maximum atomic E-state index is 12.3. The number of nitrogens with one attached hydrogen (secondary N) is 2. The van der Waals surface area contributed by atoms with Gasteiger partial charge in [-0.15, -0.1) is 24.8 Å². The Kier molecular flexibility index (Phi) is 8.86. The molecule has 0 saturated carbocycles. The Morgan fingerprint density at radius 2 is 2.10 bits per heavy atom. The van der Waals surface area contributed by atoms with Gasteiger partial charge in [-0.25, -0.2) is 0 Å². The van der Waals surface area contributed by atoms with Gasteiger partial charge in [0.05, 0.1) is 11.3 Å². The van der Waals surface area contributed by atoms with Crippen LogP contribution in [0.15, 0.2) is 12.1 Å². The van der Waals surface area contributed by atoms with Crippen molar-refractivity contribution in [3.63, 3.8) is 0 Å². The Bertz CT molecular complexity index is 462. The number of hydrogen-bond acceptors (Lipinski definition) is 3. The smallest absolute Gasteiger partial charge is 0.253 e. The molecule has 2 rings (SSSR count). The first-order valence-electron chi connectivity index (χ1n) is 7.03. The molecule has 1 aliphatic heterocycles. The lowest BCUT2D eigenvalue weighted by Crippen LogP contribution is -2.44. The van der Waals surface area contributed by atoms with E-state index in [1.165, 1.54) is 12.8 Å². The highest BCUT2D eigenvalue weighted by Crippen LogP contribution is 2.15. The molecule has 0 aliphatic carbocycles. The van der Waals surface area contributed by atoms with Crippen LogP contribution in [0.25, 0.3) is 0 Å². The number of halogens is 2. The van der Waals surface area contributed by atoms with Crippen LogP contribution in [0.3, 0.4) is 0 Å². The number of carbonyl (C=O) groups is 1. The molecule has 0 aromatic carbocycles. The molecule has 1 aliphatic rings. The zero-order valence-electron chi connectivity index (χ0n) is 12.8. The molecule has 0 spiro atoms. The van der Waals surface area contributed by atoms with Gasteiger partial charge >= 0.3 is 0 Å². The van der Waals surface area contributed by atoms with Crippen molar-refractivity contribution in [3.05, 3.63) is 29.1 Å². The van der Waals surface area contributed by atoms with E-state index in [4.69, 9.17) is 0 Å². The normalized spacial score (nSPS) is 18.9. The largest absolute Gasteiger partial charge is 0.349 e. The van der Waals surface area contributed by atoms with Gasteiger partial charge < -0.3 is 10.6 Å². The number of hydrogen-bond donors (Lipinski definition) is 2. The number of aromatic nitrogens is 1. The number of aryl methyl sites for hydroxylation is 2. The molecule has 1 aromatic rings. The van der Waals surface area contributed by atoms with Gasteiger partial charge in [0.15, 0.2) is 0 Å². The lowest BCUT2D eigenvalue weighted by atomic mass is 9.92. The summed E-state index contributed by atoms with van der Waals surface area (Å²) < 4.78 is 0. The predicted octanol–water partition coefficient (Wildman–Crippen LogP) is 2.66. The minimum Gasteiger partial charge on any atom is -0.349 e. The number of amides is 1. The zero-order valence-corrected chi connectivity index (χ0v) is 14.4. The quantitative estimate of drug-likeness (QED) is 0.894. The molecule has 6 heteroatoms. The Balaban J connectivity index is 0.00000200. The number of rotatable bonds is 3. The van der Waals surface area contributed by atoms with Gasteiger partial charge in [0.1, 0.15) is 0 Å². The second-order valence-electron chi connectivity index (χ2n) is 5.45. The topological polar surface area (TPSA) is 54.0 Å². The van der Waals surface area contributed by atoms with E-state index in [-0.39, 0.29) is 36.8 Å². The second-order valence-corrected chi connectivity index (χ2v) is 5.45. The summed E-state index contributed by atoms with van der Waals surface area (Å²) in [5.41, 5.74) is 2.42. The monoisotopic (exact) mass is 333 g/mol. The molecule has 2 N–H and O–H groups in total. The number of pyridine rings is 1. The Hall–Kier alpha value is -0.840. The van der Waals surface area contributed by atoms with E-state index >= 15 is 0 Å². The molecule has 2 unspecified atom stereocenters. The summed E-state index contributed by atoms with van der Waals surface area (Å²) in [7, 11) is 0. The van der Waals surface area contributed by atoms with Gasteiger partial charge in [-0.2, -0.15) is 0 Å². The summed E-state index contributed by atoms with van der Waals surface area (Å²) >= 11 is 0. The van der Waals surface area contributed by atoms with Gasteiger partial charge in [0.25, 0.3) is 5.91 Å². The second kappa shape index (κ2) is 9.23. The molecule has 1 aromatic heterocycles. The summed E-state index contributed by atoms with van der Waals surface area (Å²) in [6, 6.07) is 3.94. The Labute approximate surface area is 139 Å².